The molecule has 2 unspecified atom stereocenters. The van der Waals surface area contributed by atoms with Crippen LogP contribution in [0.25, 0.3) is 0 Å². The van der Waals surface area contributed by atoms with Crippen LogP contribution in [0.4, 0.5) is 0 Å². The van der Waals surface area contributed by atoms with Gasteiger partial charge in [-0.3, -0.25) is 0 Å². The molecule has 1 saturated heterocycles. The highest BCUT2D eigenvalue weighted by Crippen LogP contribution is 2.39. The number of sulfone groups is 1. The van der Waals surface area contributed by atoms with Gasteiger partial charge in [0.05, 0.1) is 11.0 Å². The molecule has 21 heavy (non-hydrogen) atoms. The summed E-state index contributed by atoms with van der Waals surface area (Å²) in [6.45, 7) is 1.24. The predicted molar refractivity (Wildman–Crippen MR) is 82.3 cm³/mol. The summed E-state index contributed by atoms with van der Waals surface area (Å²) in [7, 11) is -3.27. The lowest BCUT2D eigenvalue weighted by atomic mass is 10.1. The molecule has 116 valence electrons. The molecule has 1 aliphatic carbocycles. The highest BCUT2D eigenvalue weighted by atomic mass is 35.5. The third kappa shape index (κ3) is 3.42. The first kappa shape index (κ1) is 15.3. The normalized spacial score (nSPS) is 26.2. The number of ether oxygens (including phenoxy) is 1. The maximum Gasteiger partial charge on any atom is 0.175 e. The fourth-order valence-electron chi connectivity index (χ4n) is 3.01. The van der Waals surface area contributed by atoms with Crippen LogP contribution in [0.5, 0.6) is 0 Å². The van der Waals surface area contributed by atoms with Crippen LogP contribution in [0.3, 0.4) is 0 Å². The van der Waals surface area contributed by atoms with Crippen molar-refractivity contribution in [2.75, 3.05) is 12.9 Å². The Bertz CT molecular complexity index is 628. The van der Waals surface area contributed by atoms with E-state index in [9.17, 15) is 8.42 Å². The summed E-state index contributed by atoms with van der Waals surface area (Å²) in [6.07, 6.45) is 4.94. The van der Waals surface area contributed by atoms with Gasteiger partial charge in [0, 0.05) is 36.0 Å². The summed E-state index contributed by atoms with van der Waals surface area (Å²) >= 11 is 6.20. The molecule has 1 aromatic rings. The Hall–Kier alpha value is -0.620. The van der Waals surface area contributed by atoms with Crippen LogP contribution in [0.1, 0.15) is 24.8 Å². The molecule has 2 fully saturated rings. The van der Waals surface area contributed by atoms with E-state index >= 15 is 0 Å². The molecule has 0 aromatic heterocycles. The lowest BCUT2D eigenvalue weighted by Gasteiger charge is -2.20. The number of hydrogen-bond acceptors (Lipinski definition) is 4. The topological polar surface area (TPSA) is 55.4 Å². The molecule has 2 aliphatic rings. The molecular weight excluding hydrogens is 310 g/mol. The van der Waals surface area contributed by atoms with Crippen molar-refractivity contribution in [2.24, 2.45) is 5.92 Å². The second kappa shape index (κ2) is 5.88. The van der Waals surface area contributed by atoms with Gasteiger partial charge in [-0.1, -0.05) is 17.7 Å². The van der Waals surface area contributed by atoms with E-state index < -0.39 is 9.84 Å². The Morgan fingerprint density at radius 1 is 1.33 bits per heavy atom. The van der Waals surface area contributed by atoms with Crippen LogP contribution in [-0.4, -0.2) is 33.4 Å². The molecule has 1 N–H and O–H groups in total. The van der Waals surface area contributed by atoms with E-state index in [-0.39, 0.29) is 6.10 Å². The Morgan fingerprint density at radius 2 is 2.10 bits per heavy atom. The van der Waals surface area contributed by atoms with Crippen molar-refractivity contribution in [3.63, 3.8) is 0 Å². The molecule has 0 amide bonds. The molecule has 1 aromatic carbocycles. The zero-order chi connectivity index (χ0) is 15.0. The van der Waals surface area contributed by atoms with Crippen LogP contribution < -0.4 is 5.32 Å². The summed E-state index contributed by atoms with van der Waals surface area (Å²) < 4.78 is 29.5. The summed E-state index contributed by atoms with van der Waals surface area (Å²) in [6, 6.07) is 5.31. The van der Waals surface area contributed by atoms with Crippen LogP contribution in [0, 0.1) is 5.92 Å². The van der Waals surface area contributed by atoms with Gasteiger partial charge >= 0.3 is 0 Å². The van der Waals surface area contributed by atoms with Gasteiger partial charge < -0.3 is 10.1 Å². The van der Waals surface area contributed by atoms with Crippen LogP contribution in [-0.2, 0) is 21.1 Å². The molecule has 1 aliphatic heterocycles. The smallest absolute Gasteiger partial charge is 0.175 e. The summed E-state index contributed by atoms with van der Waals surface area (Å²) in [5.74, 6) is 0.672. The lowest BCUT2D eigenvalue weighted by Crippen LogP contribution is -2.37. The number of halogens is 1. The molecule has 4 nitrogen and oxygen atoms in total. The van der Waals surface area contributed by atoms with Crippen molar-refractivity contribution >= 4 is 21.4 Å². The Labute approximate surface area is 130 Å². The molecule has 0 radical (unpaired) electrons. The molecular formula is C15H20ClNO3S. The van der Waals surface area contributed by atoms with E-state index in [4.69, 9.17) is 16.3 Å². The number of rotatable bonds is 5. The van der Waals surface area contributed by atoms with Crippen molar-refractivity contribution in [3.05, 3.63) is 28.8 Å². The van der Waals surface area contributed by atoms with Crippen LogP contribution in [0.15, 0.2) is 23.1 Å². The lowest BCUT2D eigenvalue weighted by molar-refractivity contribution is 0.0808. The highest BCUT2D eigenvalue weighted by Gasteiger charge is 2.40. The van der Waals surface area contributed by atoms with Crippen molar-refractivity contribution < 1.29 is 13.2 Å². The zero-order valence-electron chi connectivity index (χ0n) is 12.0. The van der Waals surface area contributed by atoms with Gasteiger partial charge in [0.1, 0.15) is 0 Å². The molecule has 6 heteroatoms. The van der Waals surface area contributed by atoms with Gasteiger partial charge in [-0.15, -0.1) is 0 Å². The Kier molecular flexibility index (Phi) is 4.28. The Balaban J connectivity index is 1.76. The number of nitrogens with one attached hydrogen (secondary N) is 1. The highest BCUT2D eigenvalue weighted by molar-refractivity contribution is 7.90. The Morgan fingerprint density at radius 3 is 2.76 bits per heavy atom. The monoisotopic (exact) mass is 329 g/mol. The first-order chi connectivity index (χ1) is 9.97. The first-order valence-corrected chi connectivity index (χ1v) is 9.56. The molecule has 0 bridgehead atoms. The van der Waals surface area contributed by atoms with Crippen molar-refractivity contribution in [1.29, 1.82) is 0 Å². The minimum atomic E-state index is -3.27. The van der Waals surface area contributed by atoms with Crippen LogP contribution >= 0.6 is 11.6 Å². The zero-order valence-corrected chi connectivity index (χ0v) is 13.6. The minimum Gasteiger partial charge on any atom is -0.376 e. The third-order valence-electron chi connectivity index (χ3n) is 4.24. The molecule has 3 rings (SSSR count). The average Bonchev–Trinajstić information content (AvgIpc) is 3.15. The van der Waals surface area contributed by atoms with Gasteiger partial charge in [-0.25, -0.2) is 8.42 Å². The van der Waals surface area contributed by atoms with Gasteiger partial charge in [0.15, 0.2) is 9.84 Å². The SMILES string of the molecule is CS(=O)(=O)c1cccc(Cl)c1CNC1CCOC1C1CC1. The number of hydrogen-bond donors (Lipinski definition) is 1. The van der Waals surface area contributed by atoms with E-state index in [0.29, 0.717) is 34.0 Å². The second-order valence-corrected chi connectivity index (χ2v) is 8.33. The van der Waals surface area contributed by atoms with Crippen molar-refractivity contribution in [3.8, 4) is 0 Å². The maximum absolute atomic E-state index is 11.9. The summed E-state index contributed by atoms with van der Waals surface area (Å²) in [5, 5.41) is 3.94. The van der Waals surface area contributed by atoms with E-state index in [1.54, 1.807) is 18.2 Å². The van der Waals surface area contributed by atoms with E-state index in [1.807, 2.05) is 0 Å². The fraction of sp³-hybridized carbons (Fsp3) is 0.600. The van der Waals surface area contributed by atoms with Gasteiger partial charge in [-0.2, -0.15) is 0 Å². The van der Waals surface area contributed by atoms with E-state index in [0.717, 1.165) is 13.0 Å². The van der Waals surface area contributed by atoms with E-state index in [2.05, 4.69) is 5.32 Å². The standard InChI is InChI=1S/C15H20ClNO3S/c1-21(18,19)14-4-2-3-12(16)11(14)9-17-13-7-8-20-15(13)10-5-6-10/h2-4,10,13,15,17H,5-9H2,1H3. The van der Waals surface area contributed by atoms with Crippen molar-refractivity contribution in [1.82, 2.24) is 5.32 Å². The largest absolute Gasteiger partial charge is 0.376 e. The van der Waals surface area contributed by atoms with Crippen molar-refractivity contribution in [2.45, 2.75) is 42.8 Å². The summed E-state index contributed by atoms with van der Waals surface area (Å²) in [4.78, 5) is 0.310. The fourth-order valence-corrected chi connectivity index (χ4v) is 4.26. The maximum atomic E-state index is 11.9. The predicted octanol–water partition coefficient (Wildman–Crippen LogP) is 2.40. The summed E-state index contributed by atoms with van der Waals surface area (Å²) in [5.41, 5.74) is 0.656. The average molecular weight is 330 g/mol. The minimum absolute atomic E-state index is 0.272. The second-order valence-electron chi connectivity index (χ2n) is 5.94. The van der Waals surface area contributed by atoms with Crippen LogP contribution in [0.2, 0.25) is 5.02 Å². The first-order valence-electron chi connectivity index (χ1n) is 7.29. The molecule has 2 atom stereocenters. The van der Waals surface area contributed by atoms with Gasteiger partial charge in [0.2, 0.25) is 0 Å². The third-order valence-corrected chi connectivity index (χ3v) is 5.77. The van der Waals surface area contributed by atoms with Gasteiger partial charge in [0.25, 0.3) is 0 Å². The van der Waals surface area contributed by atoms with E-state index in [1.165, 1.54) is 19.1 Å². The molecule has 1 saturated carbocycles. The number of benzene rings is 1. The molecule has 0 spiro atoms. The quantitative estimate of drug-likeness (QED) is 0.901. The van der Waals surface area contributed by atoms with Gasteiger partial charge in [-0.05, 0) is 37.3 Å². The molecule has 1 heterocycles.